The number of nitrogens with two attached hydrogens (primary N) is 1. The number of benzene rings is 2. The summed E-state index contributed by atoms with van der Waals surface area (Å²) in [5, 5.41) is 12.0. The van der Waals surface area contributed by atoms with Crippen LogP contribution in [0.1, 0.15) is 10.4 Å². The van der Waals surface area contributed by atoms with Gasteiger partial charge in [0, 0.05) is 5.69 Å². The highest BCUT2D eigenvalue weighted by Crippen LogP contribution is 2.18. The molecule has 0 aliphatic carbocycles. The van der Waals surface area contributed by atoms with Gasteiger partial charge in [0.05, 0.1) is 12.1 Å². The Morgan fingerprint density at radius 3 is 2.70 bits per heavy atom. The van der Waals surface area contributed by atoms with Crippen molar-refractivity contribution in [1.82, 2.24) is 5.32 Å². The minimum Gasteiger partial charge on any atom is -0.508 e. The second-order valence-corrected chi connectivity index (χ2v) is 4.19. The van der Waals surface area contributed by atoms with Gasteiger partial charge in [-0.1, -0.05) is 18.2 Å². The van der Waals surface area contributed by atoms with Gasteiger partial charge in [-0.2, -0.15) is 0 Å². The number of anilines is 1. The number of carbonyl (C=O) groups excluding carboxylic acids is 1. The van der Waals surface area contributed by atoms with Crippen LogP contribution in [0.15, 0.2) is 48.5 Å². The van der Waals surface area contributed by atoms with Gasteiger partial charge in [-0.3, -0.25) is 4.79 Å². The number of carbonyl (C=O) groups is 1. The van der Waals surface area contributed by atoms with Crippen LogP contribution in [0.25, 0.3) is 0 Å². The lowest BCUT2D eigenvalue weighted by atomic mass is 10.1. The molecule has 5 nitrogen and oxygen atoms in total. The fourth-order valence-electron chi connectivity index (χ4n) is 1.69. The molecule has 2 rings (SSSR count). The van der Waals surface area contributed by atoms with Gasteiger partial charge in [0.25, 0.3) is 5.91 Å². The molecule has 1 amide bonds. The zero-order valence-electron chi connectivity index (χ0n) is 10.9. The predicted octanol–water partition coefficient (Wildman–Crippen LogP) is 1.78. The van der Waals surface area contributed by atoms with Crippen molar-refractivity contribution < 1.29 is 14.6 Å². The third-order valence-corrected chi connectivity index (χ3v) is 2.68. The average molecular weight is 272 g/mol. The Kier molecular flexibility index (Phi) is 4.44. The lowest BCUT2D eigenvalue weighted by molar-refractivity contribution is 0.0947. The molecule has 0 fully saturated rings. The summed E-state index contributed by atoms with van der Waals surface area (Å²) in [5.41, 5.74) is 6.26. The van der Waals surface area contributed by atoms with E-state index in [9.17, 15) is 9.90 Å². The first-order valence-electron chi connectivity index (χ1n) is 6.21. The summed E-state index contributed by atoms with van der Waals surface area (Å²) >= 11 is 0. The van der Waals surface area contributed by atoms with Crippen molar-refractivity contribution in [3.8, 4) is 11.5 Å². The zero-order chi connectivity index (χ0) is 14.4. The number of rotatable bonds is 5. The van der Waals surface area contributed by atoms with E-state index in [2.05, 4.69) is 5.32 Å². The van der Waals surface area contributed by atoms with Crippen molar-refractivity contribution in [3.05, 3.63) is 54.1 Å². The summed E-state index contributed by atoms with van der Waals surface area (Å²) in [6.45, 7) is 0.706. The maximum absolute atomic E-state index is 11.9. The molecule has 0 spiro atoms. The molecule has 0 aliphatic rings. The maximum Gasteiger partial charge on any atom is 0.253 e. The molecule has 0 aromatic heterocycles. The smallest absolute Gasteiger partial charge is 0.253 e. The van der Waals surface area contributed by atoms with E-state index >= 15 is 0 Å². The van der Waals surface area contributed by atoms with Crippen LogP contribution in [0.3, 0.4) is 0 Å². The first-order valence-corrected chi connectivity index (χ1v) is 6.21. The number of para-hydroxylation sites is 1. The number of phenols is 1. The van der Waals surface area contributed by atoms with E-state index in [1.54, 1.807) is 0 Å². The fourth-order valence-corrected chi connectivity index (χ4v) is 1.69. The van der Waals surface area contributed by atoms with Crippen molar-refractivity contribution in [2.75, 3.05) is 18.9 Å². The summed E-state index contributed by atoms with van der Waals surface area (Å²) in [5.74, 6) is 0.415. The van der Waals surface area contributed by atoms with Crippen molar-refractivity contribution >= 4 is 11.6 Å². The third-order valence-electron chi connectivity index (χ3n) is 2.68. The molecule has 0 saturated heterocycles. The molecule has 4 N–H and O–H groups in total. The number of aromatic hydroxyl groups is 1. The summed E-state index contributed by atoms with van der Waals surface area (Å²) in [6, 6.07) is 13.6. The minimum absolute atomic E-state index is 0.00452. The van der Waals surface area contributed by atoms with E-state index in [-0.39, 0.29) is 17.2 Å². The van der Waals surface area contributed by atoms with Crippen LogP contribution in [-0.4, -0.2) is 24.2 Å². The average Bonchev–Trinajstić information content (AvgIpc) is 2.47. The van der Waals surface area contributed by atoms with Gasteiger partial charge in [-0.25, -0.2) is 0 Å². The molecule has 2 aromatic carbocycles. The summed E-state index contributed by atoms with van der Waals surface area (Å²) in [6.07, 6.45) is 0. The highest BCUT2D eigenvalue weighted by molar-refractivity contribution is 5.99. The van der Waals surface area contributed by atoms with Crippen LogP contribution in [0.4, 0.5) is 5.69 Å². The first-order chi connectivity index (χ1) is 9.66. The number of nitrogens with one attached hydrogen (secondary N) is 1. The normalized spacial score (nSPS) is 10.0. The van der Waals surface area contributed by atoms with Crippen LogP contribution in [-0.2, 0) is 0 Å². The molecule has 20 heavy (non-hydrogen) atoms. The van der Waals surface area contributed by atoms with E-state index in [4.69, 9.17) is 10.5 Å². The minimum atomic E-state index is -0.338. The predicted molar refractivity (Wildman–Crippen MR) is 76.8 cm³/mol. The first kappa shape index (κ1) is 13.7. The van der Waals surface area contributed by atoms with Gasteiger partial charge in [0.2, 0.25) is 0 Å². The second-order valence-electron chi connectivity index (χ2n) is 4.19. The monoisotopic (exact) mass is 272 g/mol. The second kappa shape index (κ2) is 6.47. The number of ether oxygens (including phenoxy) is 1. The maximum atomic E-state index is 11.9. The van der Waals surface area contributed by atoms with Gasteiger partial charge in [0.15, 0.2) is 0 Å². The van der Waals surface area contributed by atoms with Crippen molar-refractivity contribution in [1.29, 1.82) is 0 Å². The Morgan fingerprint density at radius 1 is 1.20 bits per heavy atom. The molecule has 5 heteroatoms. The van der Waals surface area contributed by atoms with Gasteiger partial charge in [0.1, 0.15) is 18.1 Å². The Bertz CT molecular complexity index is 585. The van der Waals surface area contributed by atoms with E-state index in [0.717, 1.165) is 5.75 Å². The fraction of sp³-hybridized carbons (Fsp3) is 0.133. The molecule has 0 bridgehead atoms. The Morgan fingerprint density at radius 2 is 1.95 bits per heavy atom. The number of hydrogen-bond donors (Lipinski definition) is 3. The molecular weight excluding hydrogens is 256 g/mol. The Hall–Kier alpha value is -2.69. The van der Waals surface area contributed by atoms with Crippen molar-refractivity contribution in [2.24, 2.45) is 0 Å². The van der Waals surface area contributed by atoms with E-state index < -0.39 is 0 Å². The standard InChI is InChI=1S/C15H16N2O3/c16-14-7-6-11(18)10-13(14)15(19)17-8-9-20-12-4-2-1-3-5-12/h1-7,10,18H,8-9,16H2,(H,17,19). The lowest BCUT2D eigenvalue weighted by Crippen LogP contribution is -2.28. The number of nitrogen functional groups attached to an aromatic ring is 1. The van der Waals surface area contributed by atoms with Crippen molar-refractivity contribution in [2.45, 2.75) is 0 Å². The van der Waals surface area contributed by atoms with Crippen LogP contribution >= 0.6 is 0 Å². The number of amides is 1. The quantitative estimate of drug-likeness (QED) is 0.440. The van der Waals surface area contributed by atoms with Gasteiger partial charge < -0.3 is 20.9 Å². The summed E-state index contributed by atoms with van der Waals surface area (Å²) in [4.78, 5) is 11.9. The lowest BCUT2D eigenvalue weighted by Gasteiger charge is -2.09. The third kappa shape index (κ3) is 3.65. The largest absolute Gasteiger partial charge is 0.508 e. The van der Waals surface area contributed by atoms with E-state index in [0.29, 0.717) is 18.8 Å². The zero-order valence-corrected chi connectivity index (χ0v) is 10.9. The molecule has 0 radical (unpaired) electrons. The highest BCUT2D eigenvalue weighted by atomic mass is 16.5. The van der Waals surface area contributed by atoms with Crippen LogP contribution in [0, 0.1) is 0 Å². The molecule has 0 heterocycles. The SMILES string of the molecule is Nc1ccc(O)cc1C(=O)NCCOc1ccccc1. The molecule has 0 unspecified atom stereocenters. The van der Waals surface area contributed by atoms with E-state index in [1.165, 1.54) is 18.2 Å². The van der Waals surface area contributed by atoms with Crippen molar-refractivity contribution in [3.63, 3.8) is 0 Å². The van der Waals surface area contributed by atoms with Crippen LogP contribution in [0.5, 0.6) is 11.5 Å². The number of phenolic OH excluding ortho intramolecular Hbond substituents is 1. The van der Waals surface area contributed by atoms with Crippen LogP contribution < -0.4 is 15.8 Å². The Balaban J connectivity index is 1.82. The molecular formula is C15H16N2O3. The molecule has 0 aliphatic heterocycles. The van der Waals surface area contributed by atoms with Gasteiger partial charge >= 0.3 is 0 Å². The van der Waals surface area contributed by atoms with E-state index in [1.807, 2.05) is 30.3 Å². The summed E-state index contributed by atoms with van der Waals surface area (Å²) < 4.78 is 5.45. The molecule has 104 valence electrons. The molecule has 0 atom stereocenters. The summed E-state index contributed by atoms with van der Waals surface area (Å²) in [7, 11) is 0. The molecule has 0 saturated carbocycles. The Labute approximate surface area is 117 Å². The highest BCUT2D eigenvalue weighted by Gasteiger charge is 2.09. The van der Waals surface area contributed by atoms with Gasteiger partial charge in [-0.15, -0.1) is 0 Å². The molecule has 2 aromatic rings. The van der Waals surface area contributed by atoms with Crippen LogP contribution in [0.2, 0.25) is 0 Å². The van der Waals surface area contributed by atoms with Gasteiger partial charge in [-0.05, 0) is 30.3 Å². The topological polar surface area (TPSA) is 84.6 Å². The number of hydrogen-bond acceptors (Lipinski definition) is 4.